The number of rotatable bonds is 10. The van der Waals surface area contributed by atoms with Crippen LogP contribution in [0.25, 0.3) is 10.9 Å². The normalized spacial score (nSPS) is 15.5. The van der Waals surface area contributed by atoms with Crippen LogP contribution < -0.4 is 5.56 Å². The summed E-state index contributed by atoms with van der Waals surface area (Å²) < 4.78 is 6.69. The monoisotopic (exact) mass is 480 g/mol. The van der Waals surface area contributed by atoms with Crippen LogP contribution in [0.1, 0.15) is 81.8 Å². The van der Waals surface area contributed by atoms with Gasteiger partial charge in [-0.1, -0.05) is 44.7 Å². The molecule has 188 valence electrons. The highest BCUT2D eigenvalue weighted by Gasteiger charge is 2.33. The Labute approximate surface area is 205 Å². The van der Waals surface area contributed by atoms with E-state index in [1.54, 1.807) is 11.6 Å². The molecule has 2 aromatic heterocycles. The number of H-pyrrole nitrogens is 1. The zero-order chi connectivity index (χ0) is 24.8. The van der Waals surface area contributed by atoms with E-state index in [2.05, 4.69) is 44.5 Å². The molecule has 1 unspecified atom stereocenters. The van der Waals surface area contributed by atoms with Gasteiger partial charge in [0.15, 0.2) is 5.82 Å². The summed E-state index contributed by atoms with van der Waals surface area (Å²) in [4.78, 5) is 30.8. The van der Waals surface area contributed by atoms with Gasteiger partial charge in [-0.3, -0.25) is 14.5 Å². The topological polar surface area (TPSA) is 106 Å². The molecule has 35 heavy (non-hydrogen) atoms. The van der Waals surface area contributed by atoms with Gasteiger partial charge in [-0.15, -0.1) is 5.10 Å². The quantitative estimate of drug-likeness (QED) is 0.436. The second-order valence-electron chi connectivity index (χ2n) is 9.48. The molecule has 0 radical (unpaired) electrons. The molecule has 0 aliphatic heterocycles. The highest BCUT2D eigenvalue weighted by atomic mass is 16.5. The van der Waals surface area contributed by atoms with E-state index in [4.69, 9.17) is 4.74 Å². The first kappa shape index (κ1) is 25.0. The summed E-state index contributed by atoms with van der Waals surface area (Å²) in [7, 11) is 0. The molecular weight excluding hydrogens is 444 g/mol. The molecular formula is C26H36N6O3. The van der Waals surface area contributed by atoms with E-state index < -0.39 is 0 Å². The minimum Gasteiger partial charge on any atom is -0.465 e. The first-order valence-electron chi connectivity index (χ1n) is 12.8. The Morgan fingerprint density at radius 3 is 2.77 bits per heavy atom. The van der Waals surface area contributed by atoms with Crippen molar-refractivity contribution in [2.45, 2.75) is 90.9 Å². The zero-order valence-corrected chi connectivity index (χ0v) is 21.0. The second kappa shape index (κ2) is 11.6. The molecule has 9 nitrogen and oxygen atoms in total. The molecule has 1 aliphatic rings. The van der Waals surface area contributed by atoms with Crippen LogP contribution in [0.4, 0.5) is 0 Å². The summed E-state index contributed by atoms with van der Waals surface area (Å²) in [6, 6.07) is 8.34. The lowest BCUT2D eigenvalue weighted by Crippen LogP contribution is -2.41. The Bertz CT molecular complexity index is 1200. The predicted octanol–water partition coefficient (Wildman–Crippen LogP) is 4.06. The fourth-order valence-electron chi connectivity index (χ4n) is 5.19. The maximum absolute atomic E-state index is 13.1. The number of carbonyl (C=O) groups is 1. The summed E-state index contributed by atoms with van der Waals surface area (Å²) in [6.07, 6.45) is 7.47. The molecule has 1 N–H and O–H groups in total. The highest BCUT2D eigenvalue weighted by molar-refractivity contribution is 5.79. The van der Waals surface area contributed by atoms with Crippen LogP contribution in [0.2, 0.25) is 0 Å². The molecule has 1 aliphatic carbocycles. The number of hydrogen-bond donors (Lipinski definition) is 1. The second-order valence-corrected chi connectivity index (χ2v) is 9.48. The number of esters is 1. The molecule has 3 aromatic rings. The summed E-state index contributed by atoms with van der Waals surface area (Å²) in [5.74, 6) is 0.292. The number of pyridine rings is 1. The van der Waals surface area contributed by atoms with E-state index in [9.17, 15) is 9.59 Å². The van der Waals surface area contributed by atoms with Crippen LogP contribution in [-0.4, -0.2) is 48.7 Å². The fraction of sp³-hybridized carbons (Fsp3) is 0.577. The minimum atomic E-state index is -0.359. The van der Waals surface area contributed by atoms with Crippen molar-refractivity contribution in [1.82, 2.24) is 30.1 Å². The maximum atomic E-state index is 13.1. The molecule has 1 saturated carbocycles. The number of fused-ring (bicyclic) bond motifs is 1. The number of hydrogen-bond acceptors (Lipinski definition) is 7. The number of aromatic nitrogens is 5. The van der Waals surface area contributed by atoms with Crippen LogP contribution in [0.15, 0.2) is 29.1 Å². The Morgan fingerprint density at radius 2 is 2.03 bits per heavy atom. The lowest BCUT2D eigenvalue weighted by molar-refractivity contribution is -0.144. The minimum absolute atomic E-state index is 0.0230. The summed E-state index contributed by atoms with van der Waals surface area (Å²) >= 11 is 0. The lowest BCUT2D eigenvalue weighted by Gasteiger charge is -2.39. The van der Waals surface area contributed by atoms with Crippen molar-refractivity contribution >= 4 is 16.9 Å². The molecule has 1 fully saturated rings. The number of aryl methyl sites for hydroxylation is 1. The molecule has 2 heterocycles. The summed E-state index contributed by atoms with van der Waals surface area (Å²) in [5.41, 5.74) is 2.63. The summed E-state index contributed by atoms with van der Waals surface area (Å²) in [6.45, 7) is 6.73. The van der Waals surface area contributed by atoms with Crippen LogP contribution in [-0.2, 0) is 22.6 Å². The van der Waals surface area contributed by atoms with Crippen LogP contribution in [0.3, 0.4) is 0 Å². The smallest absolute Gasteiger partial charge is 0.327 e. The van der Waals surface area contributed by atoms with E-state index in [1.165, 1.54) is 19.3 Å². The van der Waals surface area contributed by atoms with Gasteiger partial charge >= 0.3 is 5.97 Å². The SMILES string of the molecule is CCCC(c1nnnn1CC(=O)OCC)N(Cc1cc2ccc(C)cc2[nH]c1=O)C1CCCCC1. The van der Waals surface area contributed by atoms with E-state index in [-0.39, 0.29) is 24.1 Å². The van der Waals surface area contributed by atoms with Gasteiger partial charge in [0.2, 0.25) is 0 Å². The first-order chi connectivity index (χ1) is 17.0. The first-order valence-corrected chi connectivity index (χ1v) is 12.8. The van der Waals surface area contributed by atoms with Gasteiger partial charge in [0.1, 0.15) is 6.54 Å². The number of carbonyl (C=O) groups excluding carboxylic acids is 1. The average molecular weight is 481 g/mol. The van der Waals surface area contributed by atoms with E-state index in [0.29, 0.717) is 25.0 Å². The number of nitrogens with one attached hydrogen (secondary N) is 1. The molecule has 0 bridgehead atoms. The number of benzene rings is 1. The largest absolute Gasteiger partial charge is 0.465 e. The van der Waals surface area contributed by atoms with Gasteiger partial charge in [0.05, 0.1) is 12.6 Å². The average Bonchev–Trinajstić information content (AvgIpc) is 3.30. The molecule has 0 saturated heterocycles. The fourth-order valence-corrected chi connectivity index (χ4v) is 5.19. The lowest BCUT2D eigenvalue weighted by atomic mass is 9.91. The Morgan fingerprint density at radius 1 is 1.23 bits per heavy atom. The molecule has 1 atom stereocenters. The van der Waals surface area contributed by atoms with Gasteiger partial charge in [-0.2, -0.15) is 0 Å². The highest BCUT2D eigenvalue weighted by Crippen LogP contribution is 2.33. The zero-order valence-electron chi connectivity index (χ0n) is 21.0. The van der Waals surface area contributed by atoms with Gasteiger partial charge in [-0.25, -0.2) is 4.68 Å². The van der Waals surface area contributed by atoms with Crippen molar-refractivity contribution < 1.29 is 9.53 Å². The number of aromatic amines is 1. The van der Waals surface area contributed by atoms with E-state index in [0.717, 1.165) is 47.7 Å². The van der Waals surface area contributed by atoms with Gasteiger partial charge < -0.3 is 9.72 Å². The number of tetrazole rings is 1. The van der Waals surface area contributed by atoms with Crippen molar-refractivity contribution in [3.63, 3.8) is 0 Å². The van der Waals surface area contributed by atoms with Crippen molar-refractivity contribution in [2.75, 3.05) is 6.61 Å². The molecule has 0 spiro atoms. The number of nitrogens with zero attached hydrogens (tertiary/aromatic N) is 5. The summed E-state index contributed by atoms with van der Waals surface area (Å²) in [5, 5.41) is 13.4. The van der Waals surface area contributed by atoms with Crippen molar-refractivity contribution in [3.05, 3.63) is 51.6 Å². The third-order valence-corrected chi connectivity index (χ3v) is 6.88. The van der Waals surface area contributed by atoms with Crippen molar-refractivity contribution in [1.29, 1.82) is 0 Å². The molecule has 0 amide bonds. The van der Waals surface area contributed by atoms with Crippen molar-refractivity contribution in [3.8, 4) is 0 Å². The van der Waals surface area contributed by atoms with Gasteiger partial charge in [-0.05, 0) is 66.6 Å². The molecule has 4 rings (SSSR count). The molecule has 9 heteroatoms. The van der Waals surface area contributed by atoms with Crippen molar-refractivity contribution in [2.24, 2.45) is 0 Å². The molecule has 1 aromatic carbocycles. The van der Waals surface area contributed by atoms with E-state index >= 15 is 0 Å². The third-order valence-electron chi connectivity index (χ3n) is 6.88. The van der Waals surface area contributed by atoms with Crippen LogP contribution in [0.5, 0.6) is 0 Å². The van der Waals surface area contributed by atoms with Crippen LogP contribution in [0, 0.1) is 6.92 Å². The standard InChI is InChI=1S/C26H36N6O3/c1-4-9-23(25-28-29-30-32(25)17-24(33)35-5-2)31(21-10-7-6-8-11-21)16-20-15-19-13-12-18(3)14-22(19)27-26(20)34/h12-15,21,23H,4-11,16-17H2,1-3H3,(H,27,34). The Kier molecular flexibility index (Phi) is 8.28. The number of ether oxygens (including phenoxy) is 1. The third kappa shape index (κ3) is 5.96. The Hall–Kier alpha value is -3.07. The predicted molar refractivity (Wildman–Crippen MR) is 134 cm³/mol. The van der Waals surface area contributed by atoms with Crippen LogP contribution >= 0.6 is 0 Å². The Balaban J connectivity index is 1.71. The van der Waals surface area contributed by atoms with Gasteiger partial charge in [0, 0.05) is 23.7 Å². The van der Waals surface area contributed by atoms with E-state index in [1.807, 2.05) is 19.1 Å². The van der Waals surface area contributed by atoms with Gasteiger partial charge in [0.25, 0.3) is 5.56 Å². The maximum Gasteiger partial charge on any atom is 0.327 e.